The highest BCUT2D eigenvalue weighted by molar-refractivity contribution is 6.30. The molecule has 2 rings (SSSR count). The van der Waals surface area contributed by atoms with Gasteiger partial charge in [-0.1, -0.05) is 23.7 Å². The summed E-state index contributed by atoms with van der Waals surface area (Å²) >= 11 is 5.72. The van der Waals surface area contributed by atoms with Crippen LogP contribution in [-0.4, -0.2) is 13.1 Å². The molecule has 1 aliphatic heterocycles. The summed E-state index contributed by atoms with van der Waals surface area (Å²) in [6.07, 6.45) is 1.91. The highest BCUT2D eigenvalue weighted by Gasteiger charge is 2.40. The molecule has 1 nitrogen and oxygen atoms in total. The minimum Gasteiger partial charge on any atom is -0.317 e. The quantitative estimate of drug-likeness (QED) is 0.851. The summed E-state index contributed by atoms with van der Waals surface area (Å²) in [4.78, 5) is 0. The van der Waals surface area contributed by atoms with Gasteiger partial charge in [-0.2, -0.15) is 0 Å². The third-order valence-corrected chi connectivity index (χ3v) is 3.57. The Labute approximate surface area is 105 Å². The van der Waals surface area contributed by atoms with Crippen molar-refractivity contribution in [1.82, 2.24) is 5.32 Å². The van der Waals surface area contributed by atoms with Gasteiger partial charge in [0.25, 0.3) is 5.92 Å². The number of benzene rings is 1. The standard InChI is InChI=1S/C13H16ClF2N/c14-12-5-3-11(4-6-12)13(15,16)10-2-1-8-17-9-7-10/h3-6,10,17H,1-2,7-9H2. The van der Waals surface area contributed by atoms with E-state index in [2.05, 4.69) is 5.32 Å². The second-order valence-electron chi connectivity index (χ2n) is 4.51. The first-order valence-corrected chi connectivity index (χ1v) is 6.33. The normalized spacial score (nSPS) is 22.2. The topological polar surface area (TPSA) is 12.0 Å². The molecule has 0 spiro atoms. The predicted molar refractivity (Wildman–Crippen MR) is 65.6 cm³/mol. The molecule has 1 aromatic rings. The molecule has 0 bridgehead atoms. The van der Waals surface area contributed by atoms with Crippen molar-refractivity contribution in [3.63, 3.8) is 0 Å². The van der Waals surface area contributed by atoms with Gasteiger partial charge in [0.15, 0.2) is 0 Å². The first kappa shape index (κ1) is 12.8. The summed E-state index contributed by atoms with van der Waals surface area (Å²) in [5, 5.41) is 3.65. The minimum atomic E-state index is -2.75. The lowest BCUT2D eigenvalue weighted by atomic mass is 9.89. The van der Waals surface area contributed by atoms with Gasteiger partial charge in [0.2, 0.25) is 0 Å². The molecule has 0 amide bonds. The summed E-state index contributed by atoms with van der Waals surface area (Å²) in [5.74, 6) is -3.32. The molecule has 1 saturated heterocycles. The van der Waals surface area contributed by atoms with Gasteiger partial charge < -0.3 is 5.32 Å². The molecule has 1 heterocycles. The van der Waals surface area contributed by atoms with E-state index in [0.29, 0.717) is 24.4 Å². The van der Waals surface area contributed by atoms with Crippen molar-refractivity contribution in [3.05, 3.63) is 34.9 Å². The van der Waals surface area contributed by atoms with E-state index in [1.165, 1.54) is 24.3 Å². The fourth-order valence-electron chi connectivity index (χ4n) is 2.29. The van der Waals surface area contributed by atoms with Crippen LogP contribution in [0.2, 0.25) is 5.02 Å². The van der Waals surface area contributed by atoms with Gasteiger partial charge in [-0.15, -0.1) is 0 Å². The lowest BCUT2D eigenvalue weighted by molar-refractivity contribution is -0.0694. The molecule has 0 radical (unpaired) electrons. The van der Waals surface area contributed by atoms with Crippen LogP contribution in [0.1, 0.15) is 24.8 Å². The van der Waals surface area contributed by atoms with E-state index in [4.69, 9.17) is 11.6 Å². The van der Waals surface area contributed by atoms with E-state index in [0.717, 1.165) is 13.0 Å². The molecular formula is C13H16ClF2N. The molecule has 4 heteroatoms. The van der Waals surface area contributed by atoms with Gasteiger partial charge in [0.1, 0.15) is 0 Å². The molecule has 1 N–H and O–H groups in total. The van der Waals surface area contributed by atoms with Crippen LogP contribution in [-0.2, 0) is 5.92 Å². The van der Waals surface area contributed by atoms with Gasteiger partial charge in [-0.3, -0.25) is 0 Å². The van der Waals surface area contributed by atoms with Gasteiger partial charge in [-0.25, -0.2) is 8.78 Å². The maximum Gasteiger partial charge on any atom is 0.276 e. The van der Waals surface area contributed by atoms with E-state index < -0.39 is 11.8 Å². The Morgan fingerprint density at radius 2 is 1.82 bits per heavy atom. The molecule has 1 fully saturated rings. The van der Waals surface area contributed by atoms with Gasteiger partial charge in [-0.05, 0) is 44.5 Å². The highest BCUT2D eigenvalue weighted by atomic mass is 35.5. The molecule has 1 atom stereocenters. The molecular weight excluding hydrogens is 244 g/mol. The minimum absolute atomic E-state index is 0.0776. The number of hydrogen-bond acceptors (Lipinski definition) is 1. The Balaban J connectivity index is 2.18. The number of hydrogen-bond donors (Lipinski definition) is 1. The van der Waals surface area contributed by atoms with Crippen LogP contribution >= 0.6 is 11.6 Å². The predicted octanol–water partition coefficient (Wildman–Crippen LogP) is 3.82. The van der Waals surface area contributed by atoms with Crippen LogP contribution < -0.4 is 5.32 Å². The molecule has 1 unspecified atom stereocenters. The van der Waals surface area contributed by atoms with Crippen LogP contribution in [0, 0.1) is 5.92 Å². The SMILES string of the molecule is FC(F)(c1ccc(Cl)cc1)C1CCCNCC1. The van der Waals surface area contributed by atoms with Crippen LogP contribution in [0.25, 0.3) is 0 Å². The smallest absolute Gasteiger partial charge is 0.276 e. The molecule has 94 valence electrons. The van der Waals surface area contributed by atoms with Crippen molar-refractivity contribution in [2.75, 3.05) is 13.1 Å². The zero-order valence-electron chi connectivity index (χ0n) is 9.56. The number of nitrogens with one attached hydrogen (secondary N) is 1. The lowest BCUT2D eigenvalue weighted by Gasteiger charge is -2.26. The van der Waals surface area contributed by atoms with Gasteiger partial charge >= 0.3 is 0 Å². The first-order chi connectivity index (χ1) is 8.10. The van der Waals surface area contributed by atoms with Crippen molar-refractivity contribution < 1.29 is 8.78 Å². The zero-order valence-corrected chi connectivity index (χ0v) is 10.3. The van der Waals surface area contributed by atoms with E-state index >= 15 is 0 Å². The molecule has 17 heavy (non-hydrogen) atoms. The number of rotatable bonds is 2. The maximum atomic E-state index is 14.3. The van der Waals surface area contributed by atoms with Gasteiger partial charge in [0.05, 0.1) is 0 Å². The summed E-state index contributed by atoms with van der Waals surface area (Å²) < 4.78 is 28.6. The van der Waals surface area contributed by atoms with Crippen LogP contribution in [0.4, 0.5) is 8.78 Å². The van der Waals surface area contributed by atoms with E-state index in [1.54, 1.807) is 0 Å². The lowest BCUT2D eigenvalue weighted by Crippen LogP contribution is -2.26. The van der Waals surface area contributed by atoms with Crippen molar-refractivity contribution in [3.8, 4) is 0 Å². The van der Waals surface area contributed by atoms with Crippen molar-refractivity contribution >= 4 is 11.6 Å². The summed E-state index contributed by atoms with van der Waals surface area (Å²) in [5.41, 5.74) is 0.0776. The maximum absolute atomic E-state index is 14.3. The summed E-state index contributed by atoms with van der Waals surface area (Å²) in [6.45, 7) is 1.51. The zero-order chi connectivity index (χ0) is 12.3. The van der Waals surface area contributed by atoms with Crippen LogP contribution in [0.3, 0.4) is 0 Å². The van der Waals surface area contributed by atoms with Crippen molar-refractivity contribution in [2.24, 2.45) is 5.92 Å². The van der Waals surface area contributed by atoms with Crippen molar-refractivity contribution in [1.29, 1.82) is 0 Å². The van der Waals surface area contributed by atoms with Crippen LogP contribution in [0.5, 0.6) is 0 Å². The second kappa shape index (κ2) is 5.32. The number of halogens is 3. The summed E-state index contributed by atoms with van der Waals surface area (Å²) in [7, 11) is 0. The third-order valence-electron chi connectivity index (χ3n) is 3.32. The summed E-state index contributed by atoms with van der Waals surface area (Å²) in [6, 6.07) is 5.92. The third kappa shape index (κ3) is 2.96. The van der Waals surface area contributed by atoms with E-state index in [9.17, 15) is 8.78 Å². The number of alkyl halides is 2. The molecule has 0 aromatic heterocycles. The van der Waals surface area contributed by atoms with Gasteiger partial charge in [0, 0.05) is 16.5 Å². The Morgan fingerprint density at radius 1 is 1.12 bits per heavy atom. The Kier molecular flexibility index (Phi) is 4.00. The molecule has 1 aliphatic rings. The molecule has 1 aromatic carbocycles. The Hall–Kier alpha value is -0.670. The molecule has 0 saturated carbocycles. The highest BCUT2D eigenvalue weighted by Crippen LogP contribution is 2.40. The van der Waals surface area contributed by atoms with E-state index in [1.807, 2.05) is 0 Å². The Morgan fingerprint density at radius 3 is 2.53 bits per heavy atom. The fraction of sp³-hybridized carbons (Fsp3) is 0.538. The van der Waals surface area contributed by atoms with Crippen molar-refractivity contribution in [2.45, 2.75) is 25.2 Å². The molecule has 0 aliphatic carbocycles. The monoisotopic (exact) mass is 259 g/mol. The Bertz CT molecular complexity index is 356. The fourth-order valence-corrected chi connectivity index (χ4v) is 2.42. The average molecular weight is 260 g/mol. The second-order valence-corrected chi connectivity index (χ2v) is 4.94. The largest absolute Gasteiger partial charge is 0.317 e. The average Bonchev–Trinajstić information content (AvgIpc) is 2.58. The first-order valence-electron chi connectivity index (χ1n) is 5.95. The van der Waals surface area contributed by atoms with Crippen LogP contribution in [0.15, 0.2) is 24.3 Å². The van der Waals surface area contributed by atoms with E-state index in [-0.39, 0.29) is 5.56 Å².